The molecular formula is C15H18BrNO2. The summed E-state index contributed by atoms with van der Waals surface area (Å²) >= 11 is 3.56. The van der Waals surface area contributed by atoms with Gasteiger partial charge in [-0.1, -0.05) is 18.2 Å². The zero-order chi connectivity index (χ0) is 14.0. The highest BCUT2D eigenvalue weighted by Gasteiger charge is 2.26. The number of rotatable bonds is 5. The summed E-state index contributed by atoms with van der Waals surface area (Å²) in [5, 5.41) is 10.3. The van der Waals surface area contributed by atoms with Crippen LogP contribution in [0.1, 0.15) is 26.7 Å². The number of benzene rings is 1. The van der Waals surface area contributed by atoms with Crippen LogP contribution < -0.4 is 0 Å². The third-order valence-electron chi connectivity index (χ3n) is 3.52. The molecule has 1 aromatic heterocycles. The number of aliphatic carboxylic acids is 1. The van der Waals surface area contributed by atoms with Crippen molar-refractivity contribution in [3.05, 3.63) is 34.9 Å². The van der Waals surface area contributed by atoms with Gasteiger partial charge in [0.2, 0.25) is 0 Å². The summed E-state index contributed by atoms with van der Waals surface area (Å²) in [7, 11) is 0. The highest BCUT2D eigenvalue weighted by atomic mass is 79.9. The minimum absolute atomic E-state index is 0.653. The highest BCUT2D eigenvalue weighted by Crippen LogP contribution is 2.28. The van der Waals surface area contributed by atoms with E-state index in [4.69, 9.17) is 5.11 Å². The van der Waals surface area contributed by atoms with E-state index >= 15 is 0 Å². The van der Waals surface area contributed by atoms with Crippen LogP contribution in [-0.2, 0) is 11.3 Å². The fourth-order valence-corrected chi connectivity index (χ4v) is 2.77. The molecule has 0 spiro atoms. The van der Waals surface area contributed by atoms with Crippen LogP contribution in [0.2, 0.25) is 0 Å². The van der Waals surface area contributed by atoms with Crippen molar-refractivity contribution in [1.29, 1.82) is 0 Å². The number of aryl methyl sites for hydroxylation is 1. The molecule has 0 aliphatic heterocycles. The van der Waals surface area contributed by atoms with Gasteiger partial charge in [-0.05, 0) is 48.7 Å². The number of nitrogens with zero attached hydrogens (tertiary/aromatic N) is 1. The third kappa shape index (κ3) is 3.00. The molecule has 0 saturated carbocycles. The predicted molar refractivity (Wildman–Crippen MR) is 80.3 cm³/mol. The monoisotopic (exact) mass is 323 g/mol. The van der Waals surface area contributed by atoms with Gasteiger partial charge in [-0.15, -0.1) is 0 Å². The summed E-state index contributed by atoms with van der Waals surface area (Å²) in [6.07, 6.45) is 3.59. The molecular weight excluding hydrogens is 306 g/mol. The van der Waals surface area contributed by atoms with E-state index in [1.165, 1.54) is 10.9 Å². The number of hydrogen-bond donors (Lipinski definition) is 1. The van der Waals surface area contributed by atoms with Crippen LogP contribution in [0.4, 0.5) is 0 Å². The second-order valence-electron chi connectivity index (χ2n) is 5.48. The molecule has 4 heteroatoms. The molecule has 1 heterocycles. The molecule has 0 radical (unpaired) electrons. The number of aromatic nitrogens is 1. The first-order valence-corrected chi connectivity index (χ1v) is 7.18. The average molecular weight is 324 g/mol. The molecule has 3 nitrogen and oxygen atoms in total. The molecule has 2 aromatic rings. The molecule has 0 fully saturated rings. The van der Waals surface area contributed by atoms with E-state index in [2.05, 4.69) is 38.8 Å². The van der Waals surface area contributed by atoms with E-state index in [-0.39, 0.29) is 0 Å². The molecule has 0 bridgehead atoms. The van der Waals surface area contributed by atoms with Gasteiger partial charge in [-0.25, -0.2) is 0 Å². The Hall–Kier alpha value is -1.29. The quantitative estimate of drug-likeness (QED) is 0.891. The van der Waals surface area contributed by atoms with Gasteiger partial charge in [0.1, 0.15) is 0 Å². The normalized spacial score (nSPS) is 11.9. The third-order valence-corrected chi connectivity index (χ3v) is 4.15. The summed E-state index contributed by atoms with van der Waals surface area (Å²) in [6, 6.07) is 8.21. The SMILES string of the molecule is CC(C)(CCCn1cc(Br)c2ccccc21)C(=O)O. The van der Waals surface area contributed by atoms with Crippen molar-refractivity contribution in [3.63, 3.8) is 0 Å². The molecule has 0 saturated heterocycles. The Morgan fingerprint density at radius 3 is 2.74 bits per heavy atom. The molecule has 0 aliphatic carbocycles. The lowest BCUT2D eigenvalue weighted by molar-refractivity contribution is -0.147. The van der Waals surface area contributed by atoms with E-state index in [1.54, 1.807) is 13.8 Å². The Balaban J connectivity index is 2.09. The van der Waals surface area contributed by atoms with Crippen LogP contribution in [-0.4, -0.2) is 15.6 Å². The van der Waals surface area contributed by atoms with Crippen molar-refractivity contribution in [2.45, 2.75) is 33.2 Å². The Bertz CT molecular complexity index is 601. The lowest BCUT2D eigenvalue weighted by Gasteiger charge is -2.18. The second kappa shape index (κ2) is 5.37. The van der Waals surface area contributed by atoms with Crippen molar-refractivity contribution in [2.75, 3.05) is 0 Å². The number of halogens is 1. The van der Waals surface area contributed by atoms with Gasteiger partial charge >= 0.3 is 5.97 Å². The number of carboxylic acids is 1. The molecule has 0 unspecified atom stereocenters. The van der Waals surface area contributed by atoms with Crippen molar-refractivity contribution in [3.8, 4) is 0 Å². The van der Waals surface area contributed by atoms with Crippen LogP contribution in [0.3, 0.4) is 0 Å². The highest BCUT2D eigenvalue weighted by molar-refractivity contribution is 9.10. The van der Waals surface area contributed by atoms with Crippen LogP contribution in [0.5, 0.6) is 0 Å². The largest absolute Gasteiger partial charge is 0.481 e. The molecule has 1 N–H and O–H groups in total. The Morgan fingerprint density at radius 2 is 2.05 bits per heavy atom. The van der Waals surface area contributed by atoms with Crippen molar-refractivity contribution < 1.29 is 9.90 Å². The lowest BCUT2D eigenvalue weighted by Crippen LogP contribution is -2.23. The zero-order valence-corrected chi connectivity index (χ0v) is 12.8. The lowest BCUT2D eigenvalue weighted by atomic mass is 9.88. The average Bonchev–Trinajstić information content (AvgIpc) is 2.67. The van der Waals surface area contributed by atoms with E-state index in [0.717, 1.165) is 17.4 Å². The van der Waals surface area contributed by atoms with Crippen molar-refractivity contribution in [1.82, 2.24) is 4.57 Å². The minimum atomic E-state index is -0.731. The summed E-state index contributed by atoms with van der Waals surface area (Å²) in [5.41, 5.74) is 0.530. The van der Waals surface area contributed by atoms with E-state index < -0.39 is 11.4 Å². The van der Waals surface area contributed by atoms with Crippen LogP contribution in [0.15, 0.2) is 34.9 Å². The molecule has 19 heavy (non-hydrogen) atoms. The minimum Gasteiger partial charge on any atom is -0.481 e. The number of hydrogen-bond acceptors (Lipinski definition) is 1. The van der Waals surface area contributed by atoms with Gasteiger partial charge in [0, 0.05) is 28.1 Å². The molecule has 0 amide bonds. The van der Waals surface area contributed by atoms with Gasteiger partial charge in [-0.3, -0.25) is 4.79 Å². The van der Waals surface area contributed by atoms with Gasteiger partial charge < -0.3 is 9.67 Å². The fraction of sp³-hybridized carbons (Fsp3) is 0.400. The van der Waals surface area contributed by atoms with Gasteiger partial charge in [0.05, 0.1) is 5.41 Å². The standard InChI is InChI=1S/C15H18BrNO2/c1-15(2,14(18)19)8-5-9-17-10-12(16)11-6-3-4-7-13(11)17/h3-4,6-7,10H,5,8-9H2,1-2H3,(H,18,19). The number of carbonyl (C=O) groups is 1. The molecule has 0 atom stereocenters. The number of para-hydroxylation sites is 1. The zero-order valence-electron chi connectivity index (χ0n) is 11.2. The van der Waals surface area contributed by atoms with E-state index in [0.29, 0.717) is 6.42 Å². The second-order valence-corrected chi connectivity index (χ2v) is 6.33. The maximum atomic E-state index is 11.1. The van der Waals surface area contributed by atoms with Crippen LogP contribution in [0.25, 0.3) is 10.9 Å². The molecule has 102 valence electrons. The first-order chi connectivity index (χ1) is 8.92. The number of fused-ring (bicyclic) bond motifs is 1. The predicted octanol–water partition coefficient (Wildman–Crippen LogP) is 4.29. The van der Waals surface area contributed by atoms with Crippen molar-refractivity contribution in [2.24, 2.45) is 5.41 Å². The van der Waals surface area contributed by atoms with Crippen LogP contribution >= 0.6 is 15.9 Å². The van der Waals surface area contributed by atoms with Crippen LogP contribution in [0, 0.1) is 5.41 Å². The smallest absolute Gasteiger partial charge is 0.309 e. The van der Waals surface area contributed by atoms with Gasteiger partial charge in [0.15, 0.2) is 0 Å². The number of carboxylic acid groups (broad SMARTS) is 1. The van der Waals surface area contributed by atoms with Gasteiger partial charge in [0.25, 0.3) is 0 Å². The summed E-state index contributed by atoms with van der Waals surface area (Å²) < 4.78 is 3.26. The van der Waals surface area contributed by atoms with E-state index in [9.17, 15) is 4.79 Å². The summed E-state index contributed by atoms with van der Waals surface area (Å²) in [5.74, 6) is -0.731. The molecule has 2 rings (SSSR count). The maximum Gasteiger partial charge on any atom is 0.309 e. The summed E-state index contributed by atoms with van der Waals surface area (Å²) in [6.45, 7) is 4.39. The maximum absolute atomic E-state index is 11.1. The van der Waals surface area contributed by atoms with Gasteiger partial charge in [-0.2, -0.15) is 0 Å². The molecule has 1 aromatic carbocycles. The van der Waals surface area contributed by atoms with Crippen molar-refractivity contribution >= 4 is 32.8 Å². The first-order valence-electron chi connectivity index (χ1n) is 6.38. The topological polar surface area (TPSA) is 42.2 Å². The fourth-order valence-electron chi connectivity index (χ4n) is 2.19. The van der Waals surface area contributed by atoms with E-state index in [1.807, 2.05) is 12.1 Å². The Morgan fingerprint density at radius 1 is 1.37 bits per heavy atom. The first kappa shape index (κ1) is 14.1. The summed E-state index contributed by atoms with van der Waals surface area (Å²) in [4.78, 5) is 11.1. The Labute approximate surface area is 121 Å². The Kier molecular flexibility index (Phi) is 3.99. The molecule has 0 aliphatic rings.